The minimum Gasteiger partial charge on any atom is -1.00 e. The molecule has 0 aromatic heterocycles. The molecule has 0 N–H and O–H groups in total. The van der Waals surface area contributed by atoms with Crippen LogP contribution in [0, 0.1) is 27.7 Å². The number of benzene rings is 4. The Morgan fingerprint density at radius 1 is 0.460 bits per heavy atom. The van der Waals surface area contributed by atoms with Crippen molar-refractivity contribution in [1.29, 1.82) is 0 Å². The van der Waals surface area contributed by atoms with E-state index in [0.717, 1.165) is 0 Å². The molecule has 1 fully saturated rings. The van der Waals surface area contributed by atoms with E-state index >= 15 is 0 Å². The first-order valence-corrected chi connectivity index (χ1v) is 30.6. The van der Waals surface area contributed by atoms with E-state index in [-0.39, 0.29) is 46.5 Å². The molecule has 7 rings (SSSR count). The molecule has 1 heterocycles. The van der Waals surface area contributed by atoms with Crippen molar-refractivity contribution in [1.82, 2.24) is 0 Å². The molecule has 3 aliphatic rings. The van der Waals surface area contributed by atoms with Gasteiger partial charge in [-0.15, -0.1) is 0 Å². The predicted molar refractivity (Wildman–Crippen MR) is 268 cm³/mol. The molecule has 0 saturated carbocycles. The minimum absolute atomic E-state index is 0. The van der Waals surface area contributed by atoms with Crippen LogP contribution in [-0.2, 0) is 41.9 Å². The molecule has 0 nitrogen and oxygen atoms in total. The van der Waals surface area contributed by atoms with E-state index in [1.807, 2.05) is 0 Å². The van der Waals surface area contributed by atoms with E-state index in [4.69, 9.17) is 0 Å². The summed E-state index contributed by atoms with van der Waals surface area (Å²) in [6.07, 6.45) is 13.1. The van der Waals surface area contributed by atoms with Crippen LogP contribution in [0.1, 0.15) is 209 Å². The van der Waals surface area contributed by atoms with Gasteiger partial charge in [0.1, 0.15) is 0 Å². The Hall–Kier alpha value is -2.18. The van der Waals surface area contributed by atoms with E-state index in [0.29, 0.717) is 7.25 Å². The maximum absolute atomic E-state index is 3.07. The summed E-state index contributed by atoms with van der Waals surface area (Å²) in [6, 6.07) is 20.3. The number of halogens is 2. The van der Waals surface area contributed by atoms with E-state index < -0.39 is 20.3 Å². The van der Waals surface area contributed by atoms with Crippen molar-refractivity contribution in [3.05, 3.63) is 126 Å². The molecule has 1 aliphatic heterocycles. The zero-order valence-electron chi connectivity index (χ0n) is 42.8. The van der Waals surface area contributed by atoms with Crippen molar-refractivity contribution in [3.63, 3.8) is 0 Å². The van der Waals surface area contributed by atoms with Gasteiger partial charge in [-0.25, -0.2) is 0 Å². The SMILES string of the molecule is CCCCC1=Cc2c(-c3cc(C(C)(C)C)cc(C(C)(C)C)c3)cc(C)c(C)c2[CH]1[Zr+2]1([CH]2C(CCCC)=Cc3c(-c4cc(C(C)(C)C)cc(C(C)(C)C)c4)cc(C)c(C)c32)[CH2][CH2]1.[Cl-].[Cl-]. The average Bonchev–Trinajstić information content (AvgIpc) is 3.71. The number of fused-ring (bicyclic) bond motifs is 2. The summed E-state index contributed by atoms with van der Waals surface area (Å²) in [6.45, 7) is 43.2. The topological polar surface area (TPSA) is 0 Å². The van der Waals surface area contributed by atoms with Gasteiger partial charge in [-0.1, -0.05) is 0 Å². The summed E-state index contributed by atoms with van der Waals surface area (Å²) in [4.78, 5) is 0. The molecular weight excluding hydrogens is 883 g/mol. The summed E-state index contributed by atoms with van der Waals surface area (Å²) >= 11 is -3.07. The van der Waals surface area contributed by atoms with Crippen LogP contribution in [0.5, 0.6) is 0 Å². The van der Waals surface area contributed by atoms with Gasteiger partial charge in [-0.05, 0) is 0 Å². The first kappa shape index (κ1) is 51.8. The van der Waals surface area contributed by atoms with E-state index in [1.165, 1.54) is 102 Å². The summed E-state index contributed by atoms with van der Waals surface area (Å²) in [5.74, 6) is 0. The molecule has 340 valence electrons. The van der Waals surface area contributed by atoms with Gasteiger partial charge in [0.2, 0.25) is 0 Å². The third kappa shape index (κ3) is 9.81. The molecule has 4 aromatic carbocycles. The van der Waals surface area contributed by atoms with Crippen molar-refractivity contribution in [2.24, 2.45) is 0 Å². The van der Waals surface area contributed by atoms with Crippen LogP contribution in [-0.4, -0.2) is 0 Å². The van der Waals surface area contributed by atoms with Gasteiger partial charge in [0, 0.05) is 0 Å². The van der Waals surface area contributed by atoms with Gasteiger partial charge in [-0.2, -0.15) is 0 Å². The molecule has 0 amide bonds. The fraction of sp³-hybridized carbons (Fsp3) is 0.533. The van der Waals surface area contributed by atoms with Crippen molar-refractivity contribution >= 4 is 12.2 Å². The summed E-state index contributed by atoms with van der Waals surface area (Å²) in [7, 11) is 0. The molecular formula is C60H82Cl2Zr. The minimum atomic E-state index is -3.07. The number of rotatable bonds is 10. The monoisotopic (exact) mass is 962 g/mol. The van der Waals surface area contributed by atoms with Crippen molar-refractivity contribution in [2.45, 2.75) is 200 Å². The maximum Gasteiger partial charge on any atom is -1.00 e. The van der Waals surface area contributed by atoms with Gasteiger partial charge in [0.15, 0.2) is 0 Å². The van der Waals surface area contributed by atoms with Gasteiger partial charge in [0.05, 0.1) is 0 Å². The number of allylic oxidation sites excluding steroid dienone is 2. The molecule has 2 aliphatic carbocycles. The van der Waals surface area contributed by atoms with E-state index in [1.54, 1.807) is 44.5 Å². The molecule has 63 heavy (non-hydrogen) atoms. The van der Waals surface area contributed by atoms with Crippen molar-refractivity contribution < 1.29 is 45.1 Å². The van der Waals surface area contributed by atoms with Crippen LogP contribution in [0.2, 0.25) is 8.26 Å². The van der Waals surface area contributed by atoms with Crippen LogP contribution in [0.25, 0.3) is 34.4 Å². The largest absolute Gasteiger partial charge is 1.00 e. The predicted octanol–water partition coefficient (Wildman–Crippen LogP) is 12.4. The second kappa shape index (κ2) is 18.5. The quantitative estimate of drug-likeness (QED) is 0.149. The summed E-state index contributed by atoms with van der Waals surface area (Å²) in [5.41, 5.74) is 28.2. The smallest absolute Gasteiger partial charge is 1.00 e. The number of unbranched alkanes of at least 4 members (excludes halogenated alkanes) is 2. The van der Waals surface area contributed by atoms with Crippen LogP contribution in [0.15, 0.2) is 59.7 Å². The average molecular weight is 965 g/mol. The molecule has 4 aromatic rings. The van der Waals surface area contributed by atoms with Crippen molar-refractivity contribution in [3.8, 4) is 22.3 Å². The zero-order valence-corrected chi connectivity index (χ0v) is 46.8. The Morgan fingerprint density at radius 2 is 0.762 bits per heavy atom. The first-order valence-electron chi connectivity index (χ1n) is 24.3. The van der Waals surface area contributed by atoms with E-state index in [2.05, 4.69) is 185 Å². The summed E-state index contributed by atoms with van der Waals surface area (Å²) in [5, 5.41) is 0. The standard InChI is InChI=1S/2C29H39.C2H4.2ClH.Zr/c2*1-10-11-12-21-14-25-20(3)19(2)13-26(27(25)15-21)22-16-23(28(4,5)6)18-24(17-22)29(7,8)9;1-2;;;/h2*13-18H,10-12H2,1-9H3;1-2H2;2*1H;/q;;;;;+2/p-2. The molecule has 2 atom stereocenters. The second-order valence-electron chi connectivity index (χ2n) is 24.2. The molecule has 0 bridgehead atoms. The Bertz CT molecular complexity index is 2190. The Labute approximate surface area is 403 Å². The first-order chi connectivity index (χ1) is 28.3. The zero-order chi connectivity index (χ0) is 44.8. The number of aryl methyl sites for hydroxylation is 2. The van der Waals surface area contributed by atoms with Gasteiger partial charge < -0.3 is 24.8 Å². The van der Waals surface area contributed by atoms with Crippen LogP contribution in [0.4, 0.5) is 0 Å². The molecule has 3 heteroatoms. The molecule has 0 radical (unpaired) electrons. The number of hydrogen-bond acceptors (Lipinski definition) is 0. The molecule has 1 saturated heterocycles. The van der Waals surface area contributed by atoms with Crippen LogP contribution >= 0.6 is 0 Å². The normalized spacial score (nSPS) is 17.5. The molecule has 2 unspecified atom stereocenters. The van der Waals surface area contributed by atoms with Crippen molar-refractivity contribution in [2.75, 3.05) is 0 Å². The second-order valence-corrected chi connectivity index (χ2v) is 35.6. The van der Waals surface area contributed by atoms with Gasteiger partial charge >= 0.3 is 381 Å². The fourth-order valence-electron chi connectivity index (χ4n) is 11.1. The fourth-order valence-corrected chi connectivity index (χ4v) is 29.0. The molecule has 0 spiro atoms. The van der Waals surface area contributed by atoms with Crippen LogP contribution < -0.4 is 24.8 Å². The third-order valence-electron chi connectivity index (χ3n) is 15.4. The number of hydrogen-bond donors (Lipinski definition) is 0. The van der Waals surface area contributed by atoms with Gasteiger partial charge in [-0.3, -0.25) is 0 Å². The Morgan fingerprint density at radius 3 is 1.02 bits per heavy atom. The van der Waals surface area contributed by atoms with E-state index in [9.17, 15) is 0 Å². The third-order valence-corrected chi connectivity index (χ3v) is 28.4. The van der Waals surface area contributed by atoms with Gasteiger partial charge in [0.25, 0.3) is 0 Å². The van der Waals surface area contributed by atoms with Crippen LogP contribution in [0.3, 0.4) is 0 Å². The summed E-state index contributed by atoms with van der Waals surface area (Å²) < 4.78 is 4.29. The maximum atomic E-state index is 2.78. The Kier molecular flexibility index (Phi) is 15.2. The Balaban J connectivity index is 0.00000374.